The summed E-state index contributed by atoms with van der Waals surface area (Å²) in [6.07, 6.45) is 2.63. The number of amides is 2. The minimum atomic E-state index is -0.792. The Kier molecular flexibility index (Phi) is 4.88. The molecule has 2 heterocycles. The molecule has 0 radical (unpaired) electrons. The lowest BCUT2D eigenvalue weighted by Crippen LogP contribution is -2.44. The van der Waals surface area contributed by atoms with Gasteiger partial charge in [-0.05, 0) is 31.2 Å². The highest BCUT2D eigenvalue weighted by Crippen LogP contribution is 2.70. The van der Waals surface area contributed by atoms with Crippen LogP contribution in [-0.4, -0.2) is 48.7 Å². The highest BCUT2D eigenvalue weighted by Gasteiger charge is 2.69. The quantitative estimate of drug-likeness (QED) is 0.619. The average molecular weight is 477 g/mol. The van der Waals surface area contributed by atoms with E-state index in [9.17, 15) is 14.4 Å². The van der Waals surface area contributed by atoms with Gasteiger partial charge in [0.15, 0.2) is 11.5 Å². The van der Waals surface area contributed by atoms with Crippen molar-refractivity contribution in [3.05, 3.63) is 30.0 Å². The van der Waals surface area contributed by atoms with Gasteiger partial charge in [-0.3, -0.25) is 19.1 Å². The molecule has 3 aliphatic rings. The molecular formula is C23H26Cl2N4O3. The number of piperidine rings is 1. The molecule has 0 bridgehead atoms. The molecule has 1 aromatic heterocycles. The zero-order chi connectivity index (χ0) is 23.0. The van der Waals surface area contributed by atoms with Crippen molar-refractivity contribution in [2.45, 2.75) is 62.5 Å². The zero-order valence-corrected chi connectivity index (χ0v) is 19.6. The van der Waals surface area contributed by atoms with Crippen molar-refractivity contribution < 1.29 is 14.4 Å². The Hall–Kier alpha value is -2.12. The number of likely N-dealkylation sites (tertiary alicyclic amines) is 1. The molecule has 7 nitrogen and oxygen atoms in total. The predicted molar refractivity (Wildman–Crippen MR) is 121 cm³/mol. The number of ketones is 1. The van der Waals surface area contributed by atoms with Crippen LogP contribution in [0.5, 0.6) is 0 Å². The lowest BCUT2D eigenvalue weighted by atomic mass is 9.99. The van der Waals surface area contributed by atoms with E-state index in [1.165, 1.54) is 4.68 Å². The molecule has 3 fully saturated rings. The second kappa shape index (κ2) is 7.19. The summed E-state index contributed by atoms with van der Waals surface area (Å²) in [5, 5.41) is 4.90. The minimum absolute atomic E-state index is 0.0388. The molecule has 0 unspecified atom stereocenters. The van der Waals surface area contributed by atoms with Crippen LogP contribution in [0, 0.1) is 17.3 Å². The lowest BCUT2D eigenvalue weighted by molar-refractivity contribution is -0.139. The first-order valence-corrected chi connectivity index (χ1v) is 11.8. The molecule has 2 saturated carbocycles. The highest BCUT2D eigenvalue weighted by atomic mass is 35.5. The average Bonchev–Trinajstić information content (AvgIpc) is 3.39. The fourth-order valence-electron chi connectivity index (χ4n) is 5.49. The van der Waals surface area contributed by atoms with Crippen molar-refractivity contribution in [1.29, 1.82) is 0 Å². The third-order valence-corrected chi connectivity index (χ3v) is 9.21. The zero-order valence-electron chi connectivity index (χ0n) is 18.1. The molecule has 1 aliphatic heterocycles. The number of nitrogens with zero attached hydrogens (tertiary/aromatic N) is 3. The number of para-hydroxylation sites is 1. The molecule has 32 heavy (non-hydrogen) atoms. The van der Waals surface area contributed by atoms with E-state index in [4.69, 9.17) is 28.9 Å². The molecule has 4 atom stereocenters. The monoisotopic (exact) mass is 476 g/mol. The van der Waals surface area contributed by atoms with E-state index in [-0.39, 0.29) is 41.3 Å². The SMILES string of the molecule is CC1(C)[C@H](CCC(=O)[C@@H]2C[C@H]3C[C@H]3N2C(=O)Cn2nc(C(N)=O)c3ccccc32)C1(Cl)Cl. The Balaban J connectivity index is 1.31. The molecule has 2 amide bonds. The number of nitrogens with two attached hydrogens (primary N) is 1. The van der Waals surface area contributed by atoms with Gasteiger partial charge < -0.3 is 10.6 Å². The number of hydrogen-bond donors (Lipinski definition) is 1. The smallest absolute Gasteiger partial charge is 0.269 e. The van der Waals surface area contributed by atoms with Crippen molar-refractivity contribution in [3.8, 4) is 0 Å². The first kappa shape index (κ1) is 21.7. The van der Waals surface area contributed by atoms with Gasteiger partial charge in [-0.25, -0.2) is 0 Å². The number of rotatable bonds is 7. The van der Waals surface area contributed by atoms with Crippen LogP contribution in [0.15, 0.2) is 24.3 Å². The van der Waals surface area contributed by atoms with Crippen LogP contribution in [0.25, 0.3) is 10.9 Å². The van der Waals surface area contributed by atoms with Gasteiger partial charge in [0.25, 0.3) is 5.91 Å². The van der Waals surface area contributed by atoms with Gasteiger partial charge >= 0.3 is 0 Å². The molecular weight excluding hydrogens is 451 g/mol. The van der Waals surface area contributed by atoms with E-state index in [2.05, 4.69) is 5.10 Å². The fraction of sp³-hybridized carbons (Fsp3) is 0.565. The number of hydrogen-bond acceptors (Lipinski definition) is 4. The third-order valence-electron chi connectivity index (χ3n) is 7.70. The Morgan fingerprint density at radius 3 is 2.53 bits per heavy atom. The van der Waals surface area contributed by atoms with Gasteiger partial charge in [0.1, 0.15) is 10.9 Å². The summed E-state index contributed by atoms with van der Waals surface area (Å²) in [7, 11) is 0. The Morgan fingerprint density at radius 2 is 1.88 bits per heavy atom. The molecule has 2 aliphatic carbocycles. The molecule has 1 aromatic carbocycles. The van der Waals surface area contributed by atoms with Gasteiger partial charge in [0, 0.05) is 29.2 Å². The summed E-state index contributed by atoms with van der Waals surface area (Å²) in [6.45, 7) is 3.98. The molecule has 2 aromatic rings. The van der Waals surface area contributed by atoms with Crippen LogP contribution >= 0.6 is 23.2 Å². The van der Waals surface area contributed by atoms with Gasteiger partial charge in [0.2, 0.25) is 5.91 Å². The van der Waals surface area contributed by atoms with Crippen LogP contribution in [0.4, 0.5) is 0 Å². The number of aromatic nitrogens is 2. The number of halogens is 2. The number of carbonyl (C=O) groups is 3. The molecule has 2 N–H and O–H groups in total. The van der Waals surface area contributed by atoms with Crippen molar-refractivity contribution >= 4 is 51.7 Å². The largest absolute Gasteiger partial charge is 0.364 e. The van der Waals surface area contributed by atoms with Gasteiger partial charge in [0.05, 0.1) is 11.6 Å². The first-order chi connectivity index (χ1) is 15.0. The summed E-state index contributed by atoms with van der Waals surface area (Å²) in [5.41, 5.74) is 6.07. The maximum atomic E-state index is 13.3. The molecule has 5 rings (SSSR count). The maximum Gasteiger partial charge on any atom is 0.269 e. The van der Waals surface area contributed by atoms with Crippen LogP contribution in [0.2, 0.25) is 0 Å². The van der Waals surface area contributed by atoms with E-state index in [0.29, 0.717) is 36.1 Å². The van der Waals surface area contributed by atoms with Crippen LogP contribution in [0.3, 0.4) is 0 Å². The fourth-order valence-corrected chi connectivity index (χ4v) is 6.41. The van der Waals surface area contributed by atoms with Crippen LogP contribution in [0.1, 0.15) is 50.0 Å². The van der Waals surface area contributed by atoms with Gasteiger partial charge in [-0.15, -0.1) is 23.2 Å². The summed E-state index contributed by atoms with van der Waals surface area (Å²) in [5.74, 6) is -0.263. The topological polar surface area (TPSA) is 98.3 Å². The second-order valence-corrected chi connectivity index (χ2v) is 11.3. The maximum absolute atomic E-state index is 13.3. The van der Waals surface area contributed by atoms with Crippen molar-refractivity contribution in [1.82, 2.24) is 14.7 Å². The van der Waals surface area contributed by atoms with E-state index in [1.54, 1.807) is 23.1 Å². The molecule has 0 spiro atoms. The number of benzene rings is 1. The molecule has 1 saturated heterocycles. The Bertz CT molecular complexity index is 1130. The van der Waals surface area contributed by atoms with E-state index < -0.39 is 16.3 Å². The standard InChI is InChI=1S/C23H26Cl2N4O3/c1-22(2)18(23(22,24)25)8-7-17(30)16-10-12-9-15(12)29(16)19(31)11-28-14-6-4-3-5-13(14)20(27-28)21(26)32/h3-6,12,15-16,18H,7-11H2,1-2H3,(H2,26,32)/t12-,15-,16+,18+/m1/s1. The Labute approximate surface area is 196 Å². The number of fused-ring (bicyclic) bond motifs is 2. The van der Waals surface area contributed by atoms with E-state index >= 15 is 0 Å². The summed E-state index contributed by atoms with van der Waals surface area (Å²) < 4.78 is 0.719. The summed E-state index contributed by atoms with van der Waals surface area (Å²) in [4.78, 5) is 39.9. The van der Waals surface area contributed by atoms with Crippen LogP contribution in [-0.2, 0) is 16.1 Å². The summed E-state index contributed by atoms with van der Waals surface area (Å²) in [6, 6.07) is 6.88. The van der Waals surface area contributed by atoms with Crippen LogP contribution < -0.4 is 5.73 Å². The molecule has 9 heteroatoms. The van der Waals surface area contributed by atoms with E-state index in [1.807, 2.05) is 19.9 Å². The number of Topliss-reactive ketones (excluding diaryl/α,β-unsaturated/α-hetero) is 1. The minimum Gasteiger partial charge on any atom is -0.364 e. The second-order valence-electron chi connectivity index (χ2n) is 9.91. The number of alkyl halides is 2. The number of carbonyl (C=O) groups excluding carboxylic acids is 3. The molecule has 170 valence electrons. The predicted octanol–water partition coefficient (Wildman–Crippen LogP) is 3.30. The number of primary amides is 1. The van der Waals surface area contributed by atoms with Crippen molar-refractivity contribution in [2.75, 3.05) is 0 Å². The van der Waals surface area contributed by atoms with Crippen molar-refractivity contribution in [2.24, 2.45) is 23.0 Å². The first-order valence-electron chi connectivity index (χ1n) is 11.0. The van der Waals surface area contributed by atoms with E-state index in [0.717, 1.165) is 6.42 Å². The van der Waals surface area contributed by atoms with Gasteiger partial charge in [-0.2, -0.15) is 5.10 Å². The normalized spacial score (nSPS) is 29.1. The Morgan fingerprint density at radius 1 is 1.19 bits per heavy atom. The summed E-state index contributed by atoms with van der Waals surface area (Å²) >= 11 is 12.7. The lowest BCUT2D eigenvalue weighted by Gasteiger charge is -2.27. The van der Waals surface area contributed by atoms with Gasteiger partial charge in [-0.1, -0.05) is 32.0 Å². The van der Waals surface area contributed by atoms with Crippen molar-refractivity contribution in [3.63, 3.8) is 0 Å². The third kappa shape index (κ3) is 3.24. The highest BCUT2D eigenvalue weighted by molar-refractivity contribution is 6.51.